The number of hydrogen-bond acceptors (Lipinski definition) is 6. The van der Waals surface area contributed by atoms with Gasteiger partial charge in [0.2, 0.25) is 5.91 Å². The third-order valence-corrected chi connectivity index (χ3v) is 5.69. The molecule has 2 N–H and O–H groups in total. The molecule has 0 saturated carbocycles. The topological polar surface area (TPSA) is 104 Å². The lowest BCUT2D eigenvalue weighted by atomic mass is 10.1. The van der Waals surface area contributed by atoms with Crippen LogP contribution in [0, 0.1) is 0 Å². The number of oxime groups is 1. The minimum atomic E-state index is -0.845. The van der Waals surface area contributed by atoms with Gasteiger partial charge in [-0.25, -0.2) is 0 Å². The van der Waals surface area contributed by atoms with E-state index in [2.05, 4.69) is 15.5 Å². The molecule has 0 spiro atoms. The van der Waals surface area contributed by atoms with Crippen LogP contribution in [0.4, 0.5) is 0 Å². The zero-order valence-electron chi connectivity index (χ0n) is 18.8. The second kappa shape index (κ2) is 10.7. The molecule has 0 aliphatic carbocycles. The first-order valence-electron chi connectivity index (χ1n) is 11.0. The van der Waals surface area contributed by atoms with Crippen molar-refractivity contribution < 1.29 is 19.5 Å². The maximum absolute atomic E-state index is 13.3. The monoisotopic (exact) mass is 458 g/mol. The molecule has 2 heterocycles. The number of nitrogens with one attached hydrogen (secondary N) is 1. The van der Waals surface area contributed by atoms with E-state index in [1.165, 1.54) is 12.0 Å². The van der Waals surface area contributed by atoms with Gasteiger partial charge in [0, 0.05) is 30.3 Å². The van der Waals surface area contributed by atoms with E-state index in [0.717, 1.165) is 11.3 Å². The molecule has 4 rings (SSSR count). The number of nitrogens with zero attached hydrogens (tertiary/aromatic N) is 3. The van der Waals surface area contributed by atoms with Crippen LogP contribution in [-0.4, -0.2) is 58.8 Å². The van der Waals surface area contributed by atoms with E-state index in [9.17, 15) is 14.7 Å². The van der Waals surface area contributed by atoms with E-state index < -0.39 is 12.1 Å². The first kappa shape index (κ1) is 23.1. The zero-order valence-corrected chi connectivity index (χ0v) is 18.8. The molecule has 1 aliphatic rings. The molecule has 1 aliphatic heterocycles. The zero-order chi connectivity index (χ0) is 23.9. The molecular formula is C26H26N4O4. The highest BCUT2D eigenvalue weighted by Gasteiger charge is 2.38. The molecule has 8 nitrogen and oxygen atoms in total. The van der Waals surface area contributed by atoms with Gasteiger partial charge >= 0.3 is 0 Å². The second-order valence-electron chi connectivity index (χ2n) is 7.96. The third-order valence-electron chi connectivity index (χ3n) is 5.69. The van der Waals surface area contributed by atoms with Gasteiger partial charge in [0.1, 0.15) is 13.2 Å². The number of carbonyl (C=O) groups is 2. The van der Waals surface area contributed by atoms with Gasteiger partial charge in [0.05, 0.1) is 24.1 Å². The van der Waals surface area contributed by atoms with Crippen LogP contribution in [0.3, 0.4) is 0 Å². The second-order valence-corrected chi connectivity index (χ2v) is 7.96. The van der Waals surface area contributed by atoms with Gasteiger partial charge in [-0.15, -0.1) is 0 Å². The standard InChI is InChI=1S/C26H26N4O4/c1-34-29-21-15-23(25(32)28-16-24(31)19-7-3-2-4-8-19)30(17-21)26(33)20-12-10-18(11-13-20)22-9-5-6-14-27-22/h2-14,23-24,31H,15-17H2,1H3,(H,28,32)/b29-21+/t23-,24+/m0/s1. The number of rotatable bonds is 7. The fourth-order valence-corrected chi connectivity index (χ4v) is 3.94. The Hall–Kier alpha value is -4.04. The van der Waals surface area contributed by atoms with Crippen molar-refractivity contribution in [2.24, 2.45) is 5.16 Å². The van der Waals surface area contributed by atoms with Crippen molar-refractivity contribution in [1.82, 2.24) is 15.2 Å². The van der Waals surface area contributed by atoms with Gasteiger partial charge in [-0.05, 0) is 29.8 Å². The molecule has 0 unspecified atom stereocenters. The van der Waals surface area contributed by atoms with Crippen LogP contribution >= 0.6 is 0 Å². The number of benzene rings is 2. The lowest BCUT2D eigenvalue weighted by Gasteiger charge is -2.24. The third kappa shape index (κ3) is 5.29. The highest BCUT2D eigenvalue weighted by atomic mass is 16.6. The molecule has 2 amide bonds. The predicted octanol–water partition coefficient (Wildman–Crippen LogP) is 2.82. The summed E-state index contributed by atoms with van der Waals surface area (Å²) in [5.41, 5.74) is 3.47. The van der Waals surface area contributed by atoms with Gasteiger partial charge < -0.3 is 20.2 Å². The summed E-state index contributed by atoms with van der Waals surface area (Å²) in [5, 5.41) is 17.1. The average Bonchev–Trinajstić information content (AvgIpc) is 3.32. The van der Waals surface area contributed by atoms with Crippen molar-refractivity contribution in [2.45, 2.75) is 18.6 Å². The van der Waals surface area contributed by atoms with Crippen molar-refractivity contribution in [3.05, 3.63) is 90.1 Å². The van der Waals surface area contributed by atoms with Crippen LogP contribution in [0.1, 0.15) is 28.4 Å². The van der Waals surface area contributed by atoms with Crippen molar-refractivity contribution in [1.29, 1.82) is 0 Å². The number of carbonyl (C=O) groups excluding carboxylic acids is 2. The van der Waals surface area contributed by atoms with Crippen LogP contribution < -0.4 is 5.32 Å². The van der Waals surface area contributed by atoms with Crippen molar-refractivity contribution in [3.63, 3.8) is 0 Å². The van der Waals surface area contributed by atoms with E-state index >= 15 is 0 Å². The molecule has 2 aromatic carbocycles. The molecule has 0 bridgehead atoms. The molecule has 2 atom stereocenters. The fourth-order valence-electron chi connectivity index (χ4n) is 3.94. The summed E-state index contributed by atoms with van der Waals surface area (Å²) in [6.07, 6.45) is 1.13. The summed E-state index contributed by atoms with van der Waals surface area (Å²) < 4.78 is 0. The molecule has 0 radical (unpaired) electrons. The van der Waals surface area contributed by atoms with Crippen LogP contribution in [0.5, 0.6) is 0 Å². The van der Waals surface area contributed by atoms with Gasteiger partial charge in [-0.1, -0.05) is 53.7 Å². The summed E-state index contributed by atoms with van der Waals surface area (Å²) in [6.45, 7) is 0.227. The van der Waals surface area contributed by atoms with Crippen LogP contribution in [-0.2, 0) is 9.63 Å². The number of aromatic nitrogens is 1. The van der Waals surface area contributed by atoms with E-state index in [1.54, 1.807) is 30.5 Å². The van der Waals surface area contributed by atoms with Crippen LogP contribution in [0.2, 0.25) is 0 Å². The van der Waals surface area contributed by atoms with E-state index in [0.29, 0.717) is 16.8 Å². The first-order chi connectivity index (χ1) is 16.6. The maximum Gasteiger partial charge on any atom is 0.254 e. The largest absolute Gasteiger partial charge is 0.399 e. The van der Waals surface area contributed by atoms with E-state index in [4.69, 9.17) is 4.84 Å². The number of amides is 2. The van der Waals surface area contributed by atoms with Crippen LogP contribution in [0.25, 0.3) is 11.3 Å². The van der Waals surface area contributed by atoms with Gasteiger partial charge in [0.25, 0.3) is 5.91 Å². The Morgan fingerprint density at radius 2 is 1.85 bits per heavy atom. The molecule has 3 aromatic rings. The molecule has 34 heavy (non-hydrogen) atoms. The lowest BCUT2D eigenvalue weighted by molar-refractivity contribution is -0.125. The quantitative estimate of drug-likeness (QED) is 0.530. The Kier molecular flexibility index (Phi) is 7.29. The summed E-state index contributed by atoms with van der Waals surface area (Å²) in [7, 11) is 1.43. The van der Waals surface area contributed by atoms with Gasteiger partial charge in [-0.3, -0.25) is 14.6 Å². The predicted molar refractivity (Wildman–Crippen MR) is 128 cm³/mol. The summed E-state index contributed by atoms with van der Waals surface area (Å²) >= 11 is 0. The molecule has 1 fully saturated rings. The molecular weight excluding hydrogens is 432 g/mol. The Balaban J connectivity index is 1.47. The summed E-state index contributed by atoms with van der Waals surface area (Å²) in [4.78, 5) is 37.0. The highest BCUT2D eigenvalue weighted by molar-refractivity contribution is 6.05. The number of likely N-dealkylation sites (tertiary alicyclic amines) is 1. The van der Waals surface area contributed by atoms with Gasteiger partial charge in [-0.2, -0.15) is 0 Å². The molecule has 1 saturated heterocycles. The summed E-state index contributed by atoms with van der Waals surface area (Å²) in [6, 6.07) is 21.1. The Morgan fingerprint density at radius 3 is 2.53 bits per heavy atom. The number of hydrogen-bond donors (Lipinski definition) is 2. The molecule has 8 heteroatoms. The number of pyridine rings is 1. The maximum atomic E-state index is 13.3. The number of aliphatic hydroxyl groups excluding tert-OH is 1. The van der Waals surface area contributed by atoms with Crippen molar-refractivity contribution in [2.75, 3.05) is 20.2 Å². The fraction of sp³-hybridized carbons (Fsp3) is 0.231. The summed E-state index contributed by atoms with van der Waals surface area (Å²) in [5.74, 6) is -0.632. The average molecular weight is 459 g/mol. The van der Waals surface area contributed by atoms with E-state index in [1.807, 2.05) is 48.5 Å². The normalized spacial score (nSPS) is 17.4. The minimum Gasteiger partial charge on any atom is -0.399 e. The SMILES string of the molecule is CO/N=C1\C[C@@H](C(=O)NC[C@@H](O)c2ccccc2)N(C(=O)c2ccc(-c3ccccn3)cc2)C1. The first-order valence-corrected chi connectivity index (χ1v) is 11.0. The van der Waals surface area contributed by atoms with Crippen molar-refractivity contribution >= 4 is 17.5 Å². The van der Waals surface area contributed by atoms with Gasteiger partial charge in [0.15, 0.2) is 0 Å². The Bertz CT molecular complexity index is 1150. The Morgan fingerprint density at radius 1 is 1.12 bits per heavy atom. The van der Waals surface area contributed by atoms with Crippen LogP contribution in [0.15, 0.2) is 84.1 Å². The highest BCUT2D eigenvalue weighted by Crippen LogP contribution is 2.22. The number of aliphatic hydroxyl groups is 1. The molecule has 174 valence electrons. The lowest BCUT2D eigenvalue weighted by Crippen LogP contribution is -2.46. The Labute approximate surface area is 197 Å². The molecule has 1 aromatic heterocycles. The van der Waals surface area contributed by atoms with E-state index in [-0.39, 0.29) is 31.3 Å². The minimum absolute atomic E-state index is 0.0386. The smallest absolute Gasteiger partial charge is 0.254 e. The van der Waals surface area contributed by atoms with Crippen molar-refractivity contribution in [3.8, 4) is 11.3 Å².